The molecule has 0 bridgehead atoms. The van der Waals surface area contributed by atoms with Crippen LogP contribution in [0.2, 0.25) is 0 Å². The number of nitrogens with zero attached hydrogens (tertiary/aromatic N) is 2. The number of rotatable bonds is 3. The van der Waals surface area contributed by atoms with Gasteiger partial charge in [0.25, 0.3) is 5.92 Å². The molecule has 0 saturated carbocycles. The van der Waals surface area contributed by atoms with Crippen molar-refractivity contribution in [2.75, 3.05) is 45.9 Å². The van der Waals surface area contributed by atoms with Gasteiger partial charge in [-0.3, -0.25) is 15.0 Å². The van der Waals surface area contributed by atoms with Crippen molar-refractivity contribution in [2.45, 2.75) is 18.4 Å². The highest BCUT2D eigenvalue weighted by Gasteiger charge is 2.43. The molecule has 0 aromatic carbocycles. The average Bonchev–Trinajstić information content (AvgIpc) is 2.70. The molecule has 2 heterocycles. The number of carbonyl (C=O) groups excluding carboxylic acids is 1. The molecule has 2 N–H and O–H groups in total. The van der Waals surface area contributed by atoms with E-state index in [0.717, 1.165) is 0 Å². The van der Waals surface area contributed by atoms with E-state index in [1.807, 2.05) is 0 Å². The topological polar surface area (TPSA) is 55.8 Å². The van der Waals surface area contributed by atoms with Gasteiger partial charge in [-0.15, -0.1) is 0 Å². The van der Waals surface area contributed by atoms with Gasteiger partial charge in [0.15, 0.2) is 0 Å². The molecule has 2 saturated heterocycles. The van der Waals surface area contributed by atoms with E-state index in [4.69, 9.17) is 5.11 Å². The van der Waals surface area contributed by atoms with Crippen molar-refractivity contribution >= 4 is 5.91 Å². The lowest BCUT2D eigenvalue weighted by molar-refractivity contribution is -0.135. The van der Waals surface area contributed by atoms with Crippen LogP contribution >= 0.6 is 0 Å². The summed E-state index contributed by atoms with van der Waals surface area (Å²) in [6.07, 6.45) is -0.400. The van der Waals surface area contributed by atoms with Crippen LogP contribution in [0, 0.1) is 0 Å². The summed E-state index contributed by atoms with van der Waals surface area (Å²) in [5, 5.41) is 11.4. The average molecular weight is 263 g/mol. The SMILES string of the molecule is O=C(C1CC(F)(F)CN1)N1CCN(CCO)CC1. The van der Waals surface area contributed by atoms with Gasteiger partial charge in [-0.25, -0.2) is 8.78 Å². The number of hydrogen-bond donors (Lipinski definition) is 2. The number of halogens is 2. The highest BCUT2D eigenvalue weighted by Crippen LogP contribution is 2.26. The maximum absolute atomic E-state index is 13.0. The van der Waals surface area contributed by atoms with Crippen LogP contribution in [0.5, 0.6) is 0 Å². The standard InChI is InChI=1S/C11H19F2N3O2/c12-11(13)7-9(14-8-11)10(18)16-3-1-15(2-4-16)5-6-17/h9,14,17H,1-8H2. The summed E-state index contributed by atoms with van der Waals surface area (Å²) < 4.78 is 26.0. The molecule has 7 heteroatoms. The highest BCUT2D eigenvalue weighted by atomic mass is 19.3. The van der Waals surface area contributed by atoms with E-state index >= 15 is 0 Å². The predicted molar refractivity (Wildman–Crippen MR) is 61.5 cm³/mol. The van der Waals surface area contributed by atoms with Crippen molar-refractivity contribution < 1.29 is 18.7 Å². The number of hydrogen-bond acceptors (Lipinski definition) is 4. The number of β-amino-alcohol motifs (C(OH)–C–C–N with tert-alkyl or cyclic N) is 1. The van der Waals surface area contributed by atoms with Crippen molar-refractivity contribution in [1.82, 2.24) is 15.1 Å². The van der Waals surface area contributed by atoms with E-state index in [1.54, 1.807) is 4.90 Å². The number of nitrogens with one attached hydrogen (secondary N) is 1. The Morgan fingerprint density at radius 3 is 2.50 bits per heavy atom. The summed E-state index contributed by atoms with van der Waals surface area (Å²) in [5.74, 6) is -2.99. The zero-order chi connectivity index (χ0) is 13.2. The number of aliphatic hydroxyl groups excluding tert-OH is 1. The molecule has 18 heavy (non-hydrogen) atoms. The van der Waals surface area contributed by atoms with Crippen LogP contribution in [0.3, 0.4) is 0 Å². The van der Waals surface area contributed by atoms with Crippen LogP contribution in [0.25, 0.3) is 0 Å². The van der Waals surface area contributed by atoms with Crippen molar-refractivity contribution in [3.8, 4) is 0 Å². The Labute approximate surface area is 105 Å². The summed E-state index contributed by atoms with van der Waals surface area (Å²) in [7, 11) is 0. The van der Waals surface area contributed by atoms with Crippen molar-refractivity contribution in [3.63, 3.8) is 0 Å². The number of piperazine rings is 1. The van der Waals surface area contributed by atoms with Crippen LogP contribution in [0.15, 0.2) is 0 Å². The second kappa shape index (κ2) is 5.46. The first-order valence-electron chi connectivity index (χ1n) is 6.25. The molecule has 5 nitrogen and oxygen atoms in total. The minimum absolute atomic E-state index is 0.102. The summed E-state index contributed by atoms with van der Waals surface area (Å²) >= 11 is 0. The molecular formula is C11H19F2N3O2. The van der Waals surface area contributed by atoms with Crippen LogP contribution in [-0.2, 0) is 4.79 Å². The fraction of sp³-hybridized carbons (Fsp3) is 0.909. The minimum Gasteiger partial charge on any atom is -0.395 e. The maximum Gasteiger partial charge on any atom is 0.262 e. The van der Waals surface area contributed by atoms with E-state index < -0.39 is 24.9 Å². The molecule has 2 rings (SSSR count). The number of carbonyl (C=O) groups is 1. The van der Waals surface area contributed by atoms with Crippen LogP contribution in [-0.4, -0.2) is 78.7 Å². The Hall–Kier alpha value is -0.790. The van der Waals surface area contributed by atoms with E-state index in [1.165, 1.54) is 0 Å². The Bertz CT molecular complexity index is 307. The zero-order valence-corrected chi connectivity index (χ0v) is 10.2. The Morgan fingerprint density at radius 1 is 1.33 bits per heavy atom. The Morgan fingerprint density at radius 2 is 2.00 bits per heavy atom. The minimum atomic E-state index is -2.76. The van der Waals surface area contributed by atoms with E-state index in [2.05, 4.69) is 10.2 Å². The van der Waals surface area contributed by atoms with Gasteiger partial charge in [-0.2, -0.15) is 0 Å². The van der Waals surface area contributed by atoms with Crippen molar-refractivity contribution in [2.24, 2.45) is 0 Å². The molecule has 0 aromatic heterocycles. The molecule has 2 fully saturated rings. The zero-order valence-electron chi connectivity index (χ0n) is 10.2. The first kappa shape index (κ1) is 13.6. The van der Waals surface area contributed by atoms with Crippen LogP contribution in [0.1, 0.15) is 6.42 Å². The summed E-state index contributed by atoms with van der Waals surface area (Å²) in [6.45, 7) is 2.76. The molecule has 0 aliphatic carbocycles. The van der Waals surface area contributed by atoms with Gasteiger partial charge in [0, 0.05) is 39.1 Å². The molecule has 1 unspecified atom stereocenters. The Balaban J connectivity index is 1.81. The van der Waals surface area contributed by atoms with Crippen molar-refractivity contribution in [1.29, 1.82) is 0 Å². The quantitative estimate of drug-likeness (QED) is 0.694. The summed E-state index contributed by atoms with van der Waals surface area (Å²) in [5.41, 5.74) is 0. The summed E-state index contributed by atoms with van der Waals surface area (Å²) in [4.78, 5) is 15.7. The van der Waals surface area contributed by atoms with Gasteiger partial charge < -0.3 is 10.0 Å². The fourth-order valence-electron chi connectivity index (χ4n) is 2.44. The number of amides is 1. The van der Waals surface area contributed by atoms with E-state index in [0.29, 0.717) is 32.7 Å². The largest absolute Gasteiger partial charge is 0.395 e. The van der Waals surface area contributed by atoms with Gasteiger partial charge in [-0.1, -0.05) is 0 Å². The third kappa shape index (κ3) is 3.15. The summed E-state index contributed by atoms with van der Waals surface area (Å²) in [6, 6.07) is -0.746. The second-order valence-electron chi connectivity index (χ2n) is 4.88. The third-order valence-electron chi connectivity index (χ3n) is 3.51. The van der Waals surface area contributed by atoms with Gasteiger partial charge in [0.05, 0.1) is 19.2 Å². The van der Waals surface area contributed by atoms with E-state index in [9.17, 15) is 13.6 Å². The molecule has 2 aliphatic rings. The molecule has 104 valence electrons. The fourth-order valence-corrected chi connectivity index (χ4v) is 2.44. The van der Waals surface area contributed by atoms with Gasteiger partial charge >= 0.3 is 0 Å². The lowest BCUT2D eigenvalue weighted by Crippen LogP contribution is -2.53. The van der Waals surface area contributed by atoms with Crippen LogP contribution in [0.4, 0.5) is 8.78 Å². The number of aliphatic hydroxyl groups is 1. The highest BCUT2D eigenvalue weighted by molar-refractivity contribution is 5.82. The van der Waals surface area contributed by atoms with Gasteiger partial charge in [0.1, 0.15) is 0 Å². The molecule has 1 atom stereocenters. The molecule has 2 aliphatic heterocycles. The lowest BCUT2D eigenvalue weighted by atomic mass is 10.1. The molecular weight excluding hydrogens is 244 g/mol. The normalized spacial score (nSPS) is 28.6. The maximum atomic E-state index is 13.0. The predicted octanol–water partition coefficient (Wildman–Crippen LogP) is -0.880. The molecule has 0 spiro atoms. The number of alkyl halides is 2. The van der Waals surface area contributed by atoms with E-state index in [-0.39, 0.29) is 12.5 Å². The lowest BCUT2D eigenvalue weighted by Gasteiger charge is -2.35. The Kier molecular flexibility index (Phi) is 4.14. The van der Waals surface area contributed by atoms with Crippen molar-refractivity contribution in [3.05, 3.63) is 0 Å². The van der Waals surface area contributed by atoms with Crippen LogP contribution < -0.4 is 5.32 Å². The molecule has 0 radical (unpaired) electrons. The third-order valence-corrected chi connectivity index (χ3v) is 3.51. The van der Waals surface area contributed by atoms with Gasteiger partial charge in [-0.05, 0) is 0 Å². The van der Waals surface area contributed by atoms with Gasteiger partial charge in [0.2, 0.25) is 5.91 Å². The first-order chi connectivity index (χ1) is 8.52. The molecule has 1 amide bonds. The first-order valence-corrected chi connectivity index (χ1v) is 6.25. The monoisotopic (exact) mass is 263 g/mol. The smallest absolute Gasteiger partial charge is 0.262 e. The molecule has 0 aromatic rings. The second-order valence-corrected chi connectivity index (χ2v) is 4.88.